The third kappa shape index (κ3) is 5.53. The summed E-state index contributed by atoms with van der Waals surface area (Å²) in [6, 6.07) is 13.4. The molecule has 5 rings (SSSR count). The van der Waals surface area contributed by atoms with Crippen molar-refractivity contribution < 1.29 is 19.1 Å². The number of anilines is 2. The lowest BCUT2D eigenvalue weighted by Crippen LogP contribution is -2.40. The average molecular weight is 548 g/mol. The molecule has 1 saturated carbocycles. The van der Waals surface area contributed by atoms with Gasteiger partial charge in [0.05, 0.1) is 25.1 Å². The number of carbonyl (C=O) groups is 2. The topological polar surface area (TPSA) is 112 Å². The SMILES string of the molecule is COCCN(c1cc(-c2ccc(-c3cc4nccc(N)n4n3)cc2)sc1C(=O)OC)C(=O)[C@H]1CC[C@H](C)CC1. The van der Waals surface area contributed by atoms with Gasteiger partial charge in [-0.15, -0.1) is 11.3 Å². The monoisotopic (exact) mass is 547 g/mol. The van der Waals surface area contributed by atoms with Gasteiger partial charge >= 0.3 is 5.97 Å². The number of hydrogen-bond acceptors (Lipinski definition) is 8. The Morgan fingerprint density at radius 3 is 2.46 bits per heavy atom. The van der Waals surface area contributed by atoms with Gasteiger partial charge in [-0.25, -0.2) is 9.78 Å². The van der Waals surface area contributed by atoms with Gasteiger partial charge < -0.3 is 20.1 Å². The maximum Gasteiger partial charge on any atom is 0.350 e. The highest BCUT2D eigenvalue weighted by molar-refractivity contribution is 7.18. The summed E-state index contributed by atoms with van der Waals surface area (Å²) in [5.41, 5.74) is 9.86. The molecule has 1 aromatic carbocycles. The van der Waals surface area contributed by atoms with Crippen LogP contribution in [0.3, 0.4) is 0 Å². The van der Waals surface area contributed by atoms with Crippen LogP contribution in [0.15, 0.2) is 48.7 Å². The number of rotatable bonds is 8. The van der Waals surface area contributed by atoms with Crippen LogP contribution in [0.1, 0.15) is 42.3 Å². The predicted molar refractivity (Wildman–Crippen MR) is 153 cm³/mol. The van der Waals surface area contributed by atoms with Crippen molar-refractivity contribution in [1.82, 2.24) is 14.6 Å². The highest BCUT2D eigenvalue weighted by atomic mass is 32.1. The quantitative estimate of drug-likeness (QED) is 0.298. The van der Waals surface area contributed by atoms with E-state index >= 15 is 0 Å². The molecule has 39 heavy (non-hydrogen) atoms. The van der Waals surface area contributed by atoms with E-state index in [1.165, 1.54) is 18.4 Å². The molecular weight excluding hydrogens is 514 g/mol. The largest absolute Gasteiger partial charge is 0.465 e. The Bertz CT molecular complexity index is 1470. The van der Waals surface area contributed by atoms with Crippen LogP contribution in [0.4, 0.5) is 11.5 Å². The Labute approximate surface area is 231 Å². The second-order valence-electron chi connectivity index (χ2n) is 10.0. The van der Waals surface area contributed by atoms with E-state index in [0.717, 1.165) is 47.4 Å². The minimum atomic E-state index is -0.458. The molecule has 0 saturated heterocycles. The van der Waals surface area contributed by atoms with Crippen molar-refractivity contribution in [1.29, 1.82) is 0 Å². The van der Waals surface area contributed by atoms with Crippen LogP contribution < -0.4 is 10.6 Å². The van der Waals surface area contributed by atoms with Gasteiger partial charge in [-0.2, -0.15) is 9.61 Å². The summed E-state index contributed by atoms with van der Waals surface area (Å²) < 4.78 is 12.0. The number of aromatic nitrogens is 3. The van der Waals surface area contributed by atoms with Crippen molar-refractivity contribution in [2.24, 2.45) is 11.8 Å². The van der Waals surface area contributed by atoms with Gasteiger partial charge in [0.2, 0.25) is 5.91 Å². The van der Waals surface area contributed by atoms with Gasteiger partial charge in [0.15, 0.2) is 5.65 Å². The van der Waals surface area contributed by atoms with E-state index in [0.29, 0.717) is 41.1 Å². The average Bonchev–Trinajstić information content (AvgIpc) is 3.59. The molecule has 1 aliphatic carbocycles. The number of amides is 1. The van der Waals surface area contributed by atoms with Crippen LogP contribution in [-0.4, -0.2) is 53.8 Å². The molecular formula is C29H33N5O4S. The molecule has 10 heteroatoms. The second kappa shape index (κ2) is 11.5. The smallest absolute Gasteiger partial charge is 0.350 e. The van der Waals surface area contributed by atoms with Crippen molar-refractivity contribution in [3.05, 3.63) is 53.5 Å². The highest BCUT2D eigenvalue weighted by Crippen LogP contribution is 2.40. The number of nitrogen functional groups attached to an aromatic ring is 1. The van der Waals surface area contributed by atoms with E-state index in [1.807, 2.05) is 36.4 Å². The molecule has 0 radical (unpaired) electrons. The number of thiophene rings is 1. The first kappa shape index (κ1) is 26.8. The van der Waals surface area contributed by atoms with E-state index in [2.05, 4.69) is 17.0 Å². The van der Waals surface area contributed by atoms with Crippen molar-refractivity contribution in [3.8, 4) is 21.7 Å². The van der Waals surface area contributed by atoms with Crippen LogP contribution >= 0.6 is 11.3 Å². The number of fused-ring (bicyclic) bond motifs is 1. The zero-order chi connectivity index (χ0) is 27.5. The number of benzene rings is 1. The number of ether oxygens (including phenoxy) is 2. The van der Waals surface area contributed by atoms with Crippen molar-refractivity contribution >= 4 is 40.4 Å². The van der Waals surface area contributed by atoms with Crippen LogP contribution in [0, 0.1) is 11.8 Å². The molecule has 0 atom stereocenters. The number of methoxy groups -OCH3 is 2. The fourth-order valence-corrected chi connectivity index (χ4v) is 6.17. The predicted octanol–water partition coefficient (Wildman–Crippen LogP) is 5.30. The number of esters is 1. The second-order valence-corrected chi connectivity index (χ2v) is 11.1. The zero-order valence-corrected chi connectivity index (χ0v) is 23.2. The van der Waals surface area contributed by atoms with Crippen molar-refractivity contribution in [3.63, 3.8) is 0 Å². The number of carbonyl (C=O) groups excluding carboxylic acids is 2. The third-order valence-electron chi connectivity index (χ3n) is 7.38. The molecule has 1 aliphatic rings. The van der Waals surface area contributed by atoms with Crippen LogP contribution in [0.2, 0.25) is 0 Å². The molecule has 0 aliphatic heterocycles. The third-order valence-corrected chi connectivity index (χ3v) is 8.53. The molecule has 2 N–H and O–H groups in total. The number of nitrogens with zero attached hydrogens (tertiary/aromatic N) is 4. The molecule has 3 aromatic heterocycles. The summed E-state index contributed by atoms with van der Waals surface area (Å²) in [7, 11) is 2.97. The molecule has 0 spiro atoms. The lowest BCUT2D eigenvalue weighted by atomic mass is 9.82. The maximum absolute atomic E-state index is 13.7. The zero-order valence-electron chi connectivity index (χ0n) is 22.4. The fraction of sp³-hybridized carbons (Fsp3) is 0.379. The van der Waals surface area contributed by atoms with Gasteiger partial charge in [0.1, 0.15) is 10.7 Å². The summed E-state index contributed by atoms with van der Waals surface area (Å²) in [5.74, 6) is 0.681. The standard InChI is InChI=1S/C29H33N5O4S/c1-18-4-6-21(7-5-18)28(35)33(14-15-37-2)23-17-24(39-27(23)29(36)38-3)20-10-8-19(9-11-20)22-16-26-31-13-12-25(30)34(26)32-22/h8-13,16-18,21H,4-7,14-15,30H2,1-3H3/t18-,21-. The number of nitrogens with two attached hydrogens (primary N) is 1. The molecule has 0 unspecified atom stereocenters. The van der Waals surface area contributed by atoms with Gasteiger partial charge in [-0.1, -0.05) is 31.2 Å². The Morgan fingerprint density at radius 2 is 1.79 bits per heavy atom. The summed E-state index contributed by atoms with van der Waals surface area (Å²) in [5, 5.41) is 4.57. The molecule has 3 heterocycles. The van der Waals surface area contributed by atoms with E-state index < -0.39 is 5.97 Å². The first-order chi connectivity index (χ1) is 18.9. The Morgan fingerprint density at radius 1 is 1.08 bits per heavy atom. The first-order valence-electron chi connectivity index (χ1n) is 13.1. The first-order valence-corrected chi connectivity index (χ1v) is 13.9. The van der Waals surface area contributed by atoms with Crippen LogP contribution in [0.5, 0.6) is 0 Å². The highest BCUT2D eigenvalue weighted by Gasteiger charge is 2.32. The molecule has 0 bridgehead atoms. The summed E-state index contributed by atoms with van der Waals surface area (Å²) in [4.78, 5) is 33.9. The van der Waals surface area contributed by atoms with E-state index in [4.69, 9.17) is 15.2 Å². The molecule has 9 nitrogen and oxygen atoms in total. The Hall–Kier alpha value is -3.76. The normalized spacial score (nSPS) is 17.3. The van der Waals surface area contributed by atoms with Crippen molar-refractivity contribution in [2.75, 3.05) is 38.0 Å². The summed E-state index contributed by atoms with van der Waals surface area (Å²) in [6.07, 6.45) is 5.45. The molecule has 4 aromatic rings. The molecule has 1 fully saturated rings. The van der Waals surface area contributed by atoms with Crippen LogP contribution in [0.25, 0.3) is 27.3 Å². The van der Waals surface area contributed by atoms with Crippen LogP contribution in [-0.2, 0) is 14.3 Å². The summed E-state index contributed by atoms with van der Waals surface area (Å²) >= 11 is 1.32. The van der Waals surface area contributed by atoms with E-state index in [-0.39, 0.29) is 11.8 Å². The Kier molecular flexibility index (Phi) is 7.94. The lowest BCUT2D eigenvalue weighted by molar-refractivity contribution is -0.123. The van der Waals surface area contributed by atoms with Gasteiger partial charge in [-0.3, -0.25) is 4.79 Å². The van der Waals surface area contributed by atoms with E-state index in [1.54, 1.807) is 28.8 Å². The summed E-state index contributed by atoms with van der Waals surface area (Å²) in [6.45, 7) is 2.97. The van der Waals surface area contributed by atoms with Gasteiger partial charge in [0, 0.05) is 42.3 Å². The minimum absolute atomic E-state index is 0.0449. The van der Waals surface area contributed by atoms with Gasteiger partial charge in [-0.05, 0) is 49.3 Å². The lowest BCUT2D eigenvalue weighted by Gasteiger charge is -2.31. The maximum atomic E-state index is 13.7. The number of hydrogen-bond donors (Lipinski definition) is 1. The fourth-order valence-electron chi connectivity index (χ4n) is 5.08. The molecule has 1 amide bonds. The van der Waals surface area contributed by atoms with Crippen molar-refractivity contribution in [2.45, 2.75) is 32.6 Å². The van der Waals surface area contributed by atoms with Gasteiger partial charge in [0.25, 0.3) is 0 Å². The minimum Gasteiger partial charge on any atom is -0.465 e. The Balaban J connectivity index is 1.47. The molecule has 204 valence electrons. The van der Waals surface area contributed by atoms with E-state index in [9.17, 15) is 9.59 Å².